The first kappa shape index (κ1) is 17.4. The van der Waals surface area contributed by atoms with Crippen LogP contribution in [-0.2, 0) is 4.79 Å². The summed E-state index contributed by atoms with van der Waals surface area (Å²) in [6.45, 7) is 5.42. The van der Waals surface area contributed by atoms with E-state index in [2.05, 4.69) is 48.7 Å². The third-order valence-corrected chi connectivity index (χ3v) is 5.56. The summed E-state index contributed by atoms with van der Waals surface area (Å²) in [5.41, 5.74) is 1.22. The van der Waals surface area contributed by atoms with E-state index in [4.69, 9.17) is 0 Å². The highest BCUT2D eigenvalue weighted by molar-refractivity contribution is 7.99. The number of hydrogen-bond donors (Lipinski definition) is 2. The molecule has 0 saturated carbocycles. The maximum Gasteiger partial charge on any atom is 0.222 e. The fraction of sp³-hybridized carbons (Fsp3) is 0.611. The molecule has 2 atom stereocenters. The van der Waals surface area contributed by atoms with Gasteiger partial charge in [0.1, 0.15) is 0 Å². The smallest absolute Gasteiger partial charge is 0.222 e. The van der Waals surface area contributed by atoms with Crippen molar-refractivity contribution in [3.05, 3.63) is 35.9 Å². The van der Waals surface area contributed by atoms with E-state index in [9.17, 15) is 4.79 Å². The zero-order chi connectivity index (χ0) is 15.8. The van der Waals surface area contributed by atoms with Crippen molar-refractivity contribution >= 4 is 17.7 Å². The van der Waals surface area contributed by atoms with Crippen LogP contribution in [0.1, 0.15) is 44.7 Å². The van der Waals surface area contributed by atoms with Crippen molar-refractivity contribution in [2.45, 2.75) is 45.2 Å². The summed E-state index contributed by atoms with van der Waals surface area (Å²) in [4.78, 5) is 12.5. The number of carbonyl (C=O) groups excluding carboxylic acids is 1. The molecule has 0 aromatic heterocycles. The molecule has 2 unspecified atom stereocenters. The molecule has 3 nitrogen and oxygen atoms in total. The number of amides is 1. The molecule has 1 amide bonds. The van der Waals surface area contributed by atoms with Gasteiger partial charge in [0.15, 0.2) is 0 Å². The Kier molecular flexibility index (Phi) is 7.26. The fourth-order valence-corrected chi connectivity index (χ4v) is 4.05. The molecule has 0 spiro atoms. The topological polar surface area (TPSA) is 41.1 Å². The van der Waals surface area contributed by atoms with Gasteiger partial charge < -0.3 is 10.6 Å². The Bertz CT molecular complexity index is 442. The van der Waals surface area contributed by atoms with Gasteiger partial charge in [-0.2, -0.15) is 11.8 Å². The molecule has 1 aliphatic heterocycles. The summed E-state index contributed by atoms with van der Waals surface area (Å²) < 4.78 is 0. The molecule has 1 aromatic carbocycles. The molecule has 1 heterocycles. The normalized spacial score (nSPS) is 19.9. The Labute approximate surface area is 138 Å². The lowest BCUT2D eigenvalue weighted by atomic mass is 9.88. The third kappa shape index (κ3) is 5.03. The molecular weight excluding hydrogens is 292 g/mol. The van der Waals surface area contributed by atoms with Gasteiger partial charge in [0, 0.05) is 30.5 Å². The van der Waals surface area contributed by atoms with Crippen molar-refractivity contribution in [2.75, 3.05) is 18.1 Å². The van der Waals surface area contributed by atoms with Gasteiger partial charge in [-0.1, -0.05) is 57.0 Å². The van der Waals surface area contributed by atoms with Crippen LogP contribution < -0.4 is 10.6 Å². The Hall–Kier alpha value is -1.00. The molecule has 0 radical (unpaired) electrons. The first-order valence-electron chi connectivity index (χ1n) is 8.40. The van der Waals surface area contributed by atoms with Gasteiger partial charge in [-0.3, -0.25) is 4.79 Å². The molecule has 1 saturated heterocycles. The number of hydrogen-bond acceptors (Lipinski definition) is 3. The van der Waals surface area contributed by atoms with Crippen LogP contribution in [0.5, 0.6) is 0 Å². The van der Waals surface area contributed by atoms with Gasteiger partial charge in [-0.15, -0.1) is 0 Å². The largest absolute Gasteiger partial charge is 0.349 e. The minimum Gasteiger partial charge on any atom is -0.349 e. The zero-order valence-electron chi connectivity index (χ0n) is 13.7. The highest BCUT2D eigenvalue weighted by atomic mass is 32.2. The van der Waals surface area contributed by atoms with Crippen LogP contribution in [0, 0.1) is 5.92 Å². The fourth-order valence-electron chi connectivity index (χ4n) is 3.10. The van der Waals surface area contributed by atoms with Crippen LogP contribution in [0.2, 0.25) is 0 Å². The molecule has 0 aliphatic carbocycles. The molecule has 22 heavy (non-hydrogen) atoms. The predicted octanol–water partition coefficient (Wildman–Crippen LogP) is 3.38. The zero-order valence-corrected chi connectivity index (χ0v) is 14.5. The second kappa shape index (κ2) is 9.21. The molecular formula is C18H28N2OS. The average Bonchev–Trinajstić information content (AvgIpc) is 2.56. The lowest BCUT2D eigenvalue weighted by molar-refractivity contribution is -0.122. The lowest BCUT2D eigenvalue weighted by Gasteiger charge is -2.29. The Balaban J connectivity index is 2.00. The number of nitrogens with one attached hydrogen (secondary N) is 2. The Morgan fingerprint density at radius 2 is 2.05 bits per heavy atom. The van der Waals surface area contributed by atoms with Gasteiger partial charge in [0.05, 0.1) is 6.04 Å². The highest BCUT2D eigenvalue weighted by Crippen LogP contribution is 2.27. The standard InChI is InChI=1S/C18H28N2OS/c1-3-14(4-2)18(15-8-6-5-7-9-15)20-17(21)12-16-13-22-11-10-19-16/h5-9,14,16,18-19H,3-4,10-13H2,1-2H3,(H,20,21). The van der Waals surface area contributed by atoms with Crippen molar-refractivity contribution < 1.29 is 4.79 Å². The first-order valence-corrected chi connectivity index (χ1v) is 9.55. The van der Waals surface area contributed by atoms with Gasteiger partial charge in [-0.25, -0.2) is 0 Å². The molecule has 4 heteroatoms. The van der Waals surface area contributed by atoms with E-state index in [1.807, 2.05) is 17.8 Å². The van der Waals surface area contributed by atoms with Gasteiger partial charge in [-0.05, 0) is 11.5 Å². The van der Waals surface area contributed by atoms with E-state index in [-0.39, 0.29) is 11.9 Å². The molecule has 2 rings (SSSR count). The van der Waals surface area contributed by atoms with Crippen molar-refractivity contribution in [2.24, 2.45) is 5.92 Å². The number of thioether (sulfide) groups is 1. The van der Waals surface area contributed by atoms with E-state index < -0.39 is 0 Å². The number of carbonyl (C=O) groups is 1. The van der Waals surface area contributed by atoms with E-state index in [1.54, 1.807) is 0 Å². The minimum atomic E-state index is 0.125. The van der Waals surface area contributed by atoms with Crippen LogP contribution in [0.3, 0.4) is 0 Å². The minimum absolute atomic E-state index is 0.125. The Morgan fingerprint density at radius 3 is 2.64 bits per heavy atom. The summed E-state index contributed by atoms with van der Waals surface area (Å²) in [5, 5.41) is 6.73. The average molecular weight is 321 g/mol. The SMILES string of the molecule is CCC(CC)C(NC(=O)CC1CSCCN1)c1ccccc1. The van der Waals surface area contributed by atoms with Crippen LogP contribution in [0.15, 0.2) is 30.3 Å². The van der Waals surface area contributed by atoms with E-state index in [0.717, 1.165) is 30.9 Å². The molecule has 2 N–H and O–H groups in total. The first-order chi connectivity index (χ1) is 10.7. The third-order valence-electron chi connectivity index (χ3n) is 4.43. The molecule has 1 fully saturated rings. The number of rotatable bonds is 7. The molecule has 0 bridgehead atoms. The van der Waals surface area contributed by atoms with Crippen molar-refractivity contribution in [3.8, 4) is 0 Å². The van der Waals surface area contributed by atoms with Crippen molar-refractivity contribution in [1.29, 1.82) is 0 Å². The lowest BCUT2D eigenvalue weighted by Crippen LogP contribution is -2.42. The summed E-state index contributed by atoms with van der Waals surface area (Å²) in [6.07, 6.45) is 2.73. The van der Waals surface area contributed by atoms with Crippen molar-refractivity contribution in [1.82, 2.24) is 10.6 Å². The van der Waals surface area contributed by atoms with Crippen LogP contribution >= 0.6 is 11.8 Å². The Morgan fingerprint density at radius 1 is 1.32 bits per heavy atom. The molecule has 1 aliphatic rings. The van der Waals surface area contributed by atoms with Crippen molar-refractivity contribution in [3.63, 3.8) is 0 Å². The second-order valence-corrected chi connectivity index (χ2v) is 7.11. The quantitative estimate of drug-likeness (QED) is 0.809. The van der Waals surface area contributed by atoms with Gasteiger partial charge >= 0.3 is 0 Å². The number of benzene rings is 1. The maximum atomic E-state index is 12.5. The predicted molar refractivity (Wildman–Crippen MR) is 95.1 cm³/mol. The van der Waals surface area contributed by atoms with Crippen LogP contribution in [0.25, 0.3) is 0 Å². The van der Waals surface area contributed by atoms with Gasteiger partial charge in [0.2, 0.25) is 5.91 Å². The monoisotopic (exact) mass is 320 g/mol. The molecule has 122 valence electrons. The highest BCUT2D eigenvalue weighted by Gasteiger charge is 2.24. The van der Waals surface area contributed by atoms with E-state index >= 15 is 0 Å². The summed E-state index contributed by atoms with van der Waals surface area (Å²) >= 11 is 1.93. The summed E-state index contributed by atoms with van der Waals surface area (Å²) in [5.74, 6) is 2.84. The second-order valence-electron chi connectivity index (χ2n) is 5.96. The maximum absolute atomic E-state index is 12.5. The summed E-state index contributed by atoms with van der Waals surface area (Å²) in [7, 11) is 0. The van der Waals surface area contributed by atoms with E-state index in [0.29, 0.717) is 18.4 Å². The molecule has 1 aromatic rings. The van der Waals surface area contributed by atoms with Crippen LogP contribution in [0.4, 0.5) is 0 Å². The van der Waals surface area contributed by atoms with E-state index in [1.165, 1.54) is 5.56 Å². The summed E-state index contributed by atoms with van der Waals surface area (Å²) in [6, 6.07) is 10.8. The van der Waals surface area contributed by atoms with Gasteiger partial charge in [0.25, 0.3) is 0 Å². The van der Waals surface area contributed by atoms with Crippen LogP contribution in [-0.4, -0.2) is 30.0 Å².